The first-order valence-electron chi connectivity index (χ1n) is 7.98. The normalized spacial score (nSPS) is 23.0. The molecule has 0 aliphatic carbocycles. The molecule has 2 N–H and O–H groups in total. The lowest BCUT2D eigenvalue weighted by molar-refractivity contribution is -0.138. The maximum atomic E-state index is 13.2. The quantitative estimate of drug-likeness (QED) is 0.806. The number of carbonyl (C=O) groups is 1. The van der Waals surface area contributed by atoms with E-state index in [4.69, 9.17) is 10.5 Å². The minimum absolute atomic E-state index is 0.0296. The van der Waals surface area contributed by atoms with E-state index >= 15 is 0 Å². The monoisotopic (exact) mass is 324 g/mol. The second-order valence-electron chi connectivity index (χ2n) is 6.78. The van der Waals surface area contributed by atoms with E-state index in [1.165, 1.54) is 11.0 Å². The van der Waals surface area contributed by atoms with Crippen molar-refractivity contribution >= 4 is 11.7 Å². The molecule has 1 aromatic heterocycles. The van der Waals surface area contributed by atoms with Crippen LogP contribution in [0.4, 0.5) is 5.82 Å². The summed E-state index contributed by atoms with van der Waals surface area (Å²) in [6.45, 7) is 5.40. The number of methoxy groups -OCH3 is 1. The van der Waals surface area contributed by atoms with E-state index in [9.17, 15) is 4.79 Å². The molecule has 130 valence electrons. The standard InChI is InChI=1S/C15H28N6O2/c1-10(2)14(21-17-7-13(16)18-21)15(22)20-9-12(23-5)6-11(20)8-19(3)4/h7,10-12,14H,6,8-9H2,1-5H3,(H2,16,18)/t11-,12-,14?/m0/s1. The van der Waals surface area contributed by atoms with Gasteiger partial charge in [0.1, 0.15) is 0 Å². The van der Waals surface area contributed by atoms with E-state index in [0.717, 1.165) is 13.0 Å². The largest absolute Gasteiger partial charge is 0.381 e. The highest BCUT2D eigenvalue weighted by Crippen LogP contribution is 2.27. The molecule has 1 amide bonds. The number of hydrogen-bond donors (Lipinski definition) is 1. The first-order valence-corrected chi connectivity index (χ1v) is 7.98. The number of nitrogen functional groups attached to an aromatic ring is 1. The van der Waals surface area contributed by atoms with Gasteiger partial charge in [0.25, 0.3) is 0 Å². The average molecular weight is 324 g/mol. The number of ether oxygens (including phenoxy) is 1. The number of amides is 1. The van der Waals surface area contributed by atoms with Crippen molar-refractivity contribution in [2.45, 2.75) is 38.5 Å². The highest BCUT2D eigenvalue weighted by Gasteiger charge is 2.40. The summed E-state index contributed by atoms with van der Waals surface area (Å²) in [7, 11) is 5.72. The number of aromatic nitrogens is 3. The molecule has 1 aliphatic heterocycles. The number of nitrogens with two attached hydrogens (primary N) is 1. The first kappa shape index (κ1) is 17.7. The fourth-order valence-corrected chi connectivity index (χ4v) is 3.15. The van der Waals surface area contributed by atoms with Gasteiger partial charge in [-0.1, -0.05) is 13.8 Å². The third-order valence-corrected chi connectivity index (χ3v) is 4.23. The average Bonchev–Trinajstić information content (AvgIpc) is 3.04. The second kappa shape index (κ2) is 7.27. The maximum absolute atomic E-state index is 13.2. The third kappa shape index (κ3) is 4.00. The Kier molecular flexibility index (Phi) is 5.59. The number of anilines is 1. The first-order chi connectivity index (χ1) is 10.8. The Balaban J connectivity index is 2.23. The molecular weight excluding hydrogens is 296 g/mol. The van der Waals surface area contributed by atoms with Crippen molar-refractivity contribution in [2.75, 3.05) is 40.0 Å². The lowest BCUT2D eigenvalue weighted by Crippen LogP contribution is -2.46. The van der Waals surface area contributed by atoms with E-state index < -0.39 is 6.04 Å². The van der Waals surface area contributed by atoms with Crippen LogP contribution in [0.2, 0.25) is 0 Å². The van der Waals surface area contributed by atoms with Crippen molar-refractivity contribution < 1.29 is 9.53 Å². The summed E-state index contributed by atoms with van der Waals surface area (Å²) in [6.07, 6.45) is 2.40. The molecule has 1 aliphatic rings. The summed E-state index contributed by atoms with van der Waals surface area (Å²) in [6, 6.07) is -0.316. The summed E-state index contributed by atoms with van der Waals surface area (Å²) >= 11 is 0. The Morgan fingerprint density at radius 1 is 1.52 bits per heavy atom. The molecule has 1 unspecified atom stereocenters. The minimum atomic E-state index is -0.451. The molecule has 8 nitrogen and oxygen atoms in total. The number of carbonyl (C=O) groups excluding carboxylic acids is 1. The lowest BCUT2D eigenvalue weighted by Gasteiger charge is -2.31. The number of nitrogens with zero attached hydrogens (tertiary/aromatic N) is 5. The molecule has 2 heterocycles. The zero-order chi connectivity index (χ0) is 17.1. The van der Waals surface area contributed by atoms with Crippen LogP contribution in [0.5, 0.6) is 0 Å². The van der Waals surface area contributed by atoms with Gasteiger partial charge in [-0.2, -0.15) is 9.90 Å². The molecule has 1 fully saturated rings. The van der Waals surface area contributed by atoms with Crippen LogP contribution in [0.25, 0.3) is 0 Å². The van der Waals surface area contributed by atoms with E-state index in [-0.39, 0.29) is 24.0 Å². The Hall–Kier alpha value is -1.67. The topological polar surface area (TPSA) is 89.5 Å². The van der Waals surface area contributed by atoms with Crippen molar-refractivity contribution in [3.8, 4) is 0 Å². The van der Waals surface area contributed by atoms with Crippen LogP contribution in [0.1, 0.15) is 26.3 Å². The van der Waals surface area contributed by atoms with Crippen molar-refractivity contribution in [2.24, 2.45) is 5.92 Å². The minimum Gasteiger partial charge on any atom is -0.381 e. The van der Waals surface area contributed by atoms with Gasteiger partial charge in [-0.3, -0.25) is 4.79 Å². The molecule has 0 spiro atoms. The van der Waals surface area contributed by atoms with Crippen LogP contribution in [-0.2, 0) is 9.53 Å². The van der Waals surface area contributed by atoms with Gasteiger partial charge in [-0.25, -0.2) is 0 Å². The van der Waals surface area contributed by atoms with E-state index in [0.29, 0.717) is 12.4 Å². The number of rotatable bonds is 6. The highest BCUT2D eigenvalue weighted by atomic mass is 16.5. The molecule has 0 bridgehead atoms. The van der Waals surface area contributed by atoms with E-state index in [1.54, 1.807) is 7.11 Å². The van der Waals surface area contributed by atoms with Crippen LogP contribution in [0.3, 0.4) is 0 Å². The highest BCUT2D eigenvalue weighted by molar-refractivity contribution is 5.81. The number of likely N-dealkylation sites (N-methyl/N-ethyl adjacent to an activating group) is 1. The molecule has 2 rings (SSSR count). The molecule has 3 atom stereocenters. The van der Waals surface area contributed by atoms with Crippen LogP contribution < -0.4 is 5.73 Å². The Labute approximate surface area is 137 Å². The van der Waals surface area contributed by atoms with Crippen molar-refractivity contribution in [1.82, 2.24) is 24.8 Å². The van der Waals surface area contributed by atoms with Crippen LogP contribution in [-0.4, -0.2) is 77.1 Å². The van der Waals surface area contributed by atoms with Crippen molar-refractivity contribution in [1.29, 1.82) is 0 Å². The SMILES string of the molecule is CO[C@H]1C[C@@H](CN(C)C)N(C(=O)C(C(C)C)n2ncc(N)n2)C1. The Morgan fingerprint density at radius 2 is 2.22 bits per heavy atom. The molecule has 1 aromatic rings. The van der Waals surface area contributed by atoms with E-state index in [2.05, 4.69) is 15.1 Å². The van der Waals surface area contributed by atoms with Gasteiger partial charge in [0.05, 0.1) is 12.3 Å². The molecular formula is C15H28N6O2. The predicted molar refractivity (Wildman–Crippen MR) is 87.8 cm³/mol. The summed E-state index contributed by atoms with van der Waals surface area (Å²) in [4.78, 5) is 18.6. The fourth-order valence-electron chi connectivity index (χ4n) is 3.15. The molecule has 0 radical (unpaired) electrons. The number of likely N-dealkylation sites (tertiary alicyclic amines) is 1. The van der Waals surface area contributed by atoms with Crippen LogP contribution in [0, 0.1) is 5.92 Å². The van der Waals surface area contributed by atoms with Crippen molar-refractivity contribution in [3.05, 3.63) is 6.20 Å². The summed E-state index contributed by atoms with van der Waals surface area (Å²) in [5, 5.41) is 8.29. The molecule has 23 heavy (non-hydrogen) atoms. The maximum Gasteiger partial charge on any atom is 0.249 e. The van der Waals surface area contributed by atoms with Crippen LogP contribution >= 0.6 is 0 Å². The smallest absolute Gasteiger partial charge is 0.249 e. The summed E-state index contributed by atoms with van der Waals surface area (Å²) in [5.41, 5.74) is 5.66. The molecule has 8 heteroatoms. The second-order valence-corrected chi connectivity index (χ2v) is 6.78. The molecule has 0 aromatic carbocycles. The van der Waals surface area contributed by atoms with Gasteiger partial charge in [-0.15, -0.1) is 5.10 Å². The van der Waals surface area contributed by atoms with Gasteiger partial charge in [0.2, 0.25) is 5.91 Å². The predicted octanol–water partition coefficient (Wildman–Crippen LogP) is 0.235. The van der Waals surface area contributed by atoms with Gasteiger partial charge in [0.15, 0.2) is 11.9 Å². The van der Waals surface area contributed by atoms with Gasteiger partial charge in [0, 0.05) is 26.2 Å². The number of hydrogen-bond acceptors (Lipinski definition) is 6. The van der Waals surface area contributed by atoms with E-state index in [1.807, 2.05) is 32.8 Å². The van der Waals surface area contributed by atoms with Gasteiger partial charge < -0.3 is 20.3 Å². The Morgan fingerprint density at radius 3 is 2.70 bits per heavy atom. The molecule has 0 saturated carbocycles. The van der Waals surface area contributed by atoms with Gasteiger partial charge in [-0.05, 0) is 26.4 Å². The van der Waals surface area contributed by atoms with Crippen LogP contribution in [0.15, 0.2) is 6.20 Å². The molecule has 1 saturated heterocycles. The van der Waals surface area contributed by atoms with Crippen molar-refractivity contribution in [3.63, 3.8) is 0 Å². The van der Waals surface area contributed by atoms with Gasteiger partial charge >= 0.3 is 0 Å². The zero-order valence-corrected chi connectivity index (χ0v) is 14.6. The lowest BCUT2D eigenvalue weighted by atomic mass is 10.0. The summed E-state index contributed by atoms with van der Waals surface area (Å²) < 4.78 is 5.48. The third-order valence-electron chi connectivity index (χ3n) is 4.23. The summed E-state index contributed by atoms with van der Waals surface area (Å²) in [5.74, 6) is 0.419. The zero-order valence-electron chi connectivity index (χ0n) is 14.6. The Bertz CT molecular complexity index is 530. The fraction of sp³-hybridized carbons (Fsp3) is 0.800.